The Kier molecular flexibility index (Phi) is 4.40. The lowest BCUT2D eigenvalue weighted by Gasteiger charge is -2.10. The van der Waals surface area contributed by atoms with Crippen molar-refractivity contribution in [2.45, 2.75) is 12.8 Å². The fourth-order valence-electron chi connectivity index (χ4n) is 1.47. The Balaban J connectivity index is 1.98. The van der Waals surface area contributed by atoms with Crippen LogP contribution in [0.3, 0.4) is 0 Å². The number of rotatable bonds is 5. The number of anilines is 1. The second kappa shape index (κ2) is 6.24. The summed E-state index contributed by atoms with van der Waals surface area (Å²) in [7, 11) is 1.30. The average molecular weight is 278 g/mol. The summed E-state index contributed by atoms with van der Waals surface area (Å²) in [4.78, 5) is 23.5. The molecule has 2 aromatic rings. The average Bonchev–Trinajstić information content (AvgIpc) is 2.98. The van der Waals surface area contributed by atoms with Gasteiger partial charge in [-0.1, -0.05) is 6.92 Å². The molecule has 1 atom stereocenters. The molecule has 0 aliphatic heterocycles. The monoisotopic (exact) mass is 278 g/mol. The standard InChI is InChI=1S/C12H14N4O2S/c1-8(11-14-5-6-19-11)7-15-9-3-4-13-10(16-9)12(17)18-2/h3-6,8H,7H2,1-2H3,(H,13,15,16). The second-order valence-electron chi connectivity index (χ2n) is 3.91. The van der Waals surface area contributed by atoms with Crippen molar-refractivity contribution in [1.29, 1.82) is 0 Å². The van der Waals surface area contributed by atoms with Gasteiger partial charge < -0.3 is 10.1 Å². The van der Waals surface area contributed by atoms with E-state index >= 15 is 0 Å². The van der Waals surface area contributed by atoms with Crippen LogP contribution in [0.1, 0.15) is 28.5 Å². The molecule has 6 nitrogen and oxygen atoms in total. The van der Waals surface area contributed by atoms with Crippen molar-refractivity contribution >= 4 is 23.1 Å². The third-order valence-corrected chi connectivity index (χ3v) is 3.49. The molecule has 0 aliphatic carbocycles. The minimum Gasteiger partial charge on any atom is -0.463 e. The topological polar surface area (TPSA) is 77.0 Å². The summed E-state index contributed by atoms with van der Waals surface area (Å²) in [5.41, 5.74) is 0. The second-order valence-corrected chi connectivity index (χ2v) is 4.84. The van der Waals surface area contributed by atoms with E-state index < -0.39 is 5.97 Å². The molecule has 2 rings (SSSR count). The quantitative estimate of drug-likeness (QED) is 0.842. The van der Waals surface area contributed by atoms with Crippen LogP contribution < -0.4 is 5.32 Å². The molecule has 0 fully saturated rings. The maximum atomic E-state index is 11.3. The van der Waals surface area contributed by atoms with Gasteiger partial charge in [0.1, 0.15) is 5.82 Å². The number of hydrogen-bond donors (Lipinski definition) is 1. The summed E-state index contributed by atoms with van der Waals surface area (Å²) in [6.45, 7) is 2.76. The van der Waals surface area contributed by atoms with Gasteiger partial charge in [-0.15, -0.1) is 11.3 Å². The van der Waals surface area contributed by atoms with Crippen molar-refractivity contribution in [3.63, 3.8) is 0 Å². The summed E-state index contributed by atoms with van der Waals surface area (Å²) in [5, 5.41) is 6.17. The summed E-state index contributed by atoms with van der Waals surface area (Å²) in [6, 6.07) is 1.71. The molecule has 0 spiro atoms. The highest BCUT2D eigenvalue weighted by Crippen LogP contribution is 2.17. The predicted octanol–water partition coefficient (Wildman–Crippen LogP) is 1.94. The van der Waals surface area contributed by atoms with E-state index in [2.05, 4.69) is 31.9 Å². The van der Waals surface area contributed by atoms with Crippen LogP contribution in [0.15, 0.2) is 23.8 Å². The first-order valence-corrected chi connectivity index (χ1v) is 6.63. The lowest BCUT2D eigenvalue weighted by molar-refractivity contribution is 0.0587. The van der Waals surface area contributed by atoms with Crippen molar-refractivity contribution in [3.8, 4) is 0 Å². The predicted molar refractivity (Wildman–Crippen MR) is 72.4 cm³/mol. The van der Waals surface area contributed by atoms with Crippen LogP contribution in [0.25, 0.3) is 0 Å². The van der Waals surface area contributed by atoms with Crippen LogP contribution in [-0.4, -0.2) is 34.6 Å². The molecule has 0 aliphatic rings. The normalized spacial score (nSPS) is 11.9. The Morgan fingerprint density at radius 1 is 1.47 bits per heavy atom. The Morgan fingerprint density at radius 3 is 3.00 bits per heavy atom. The third kappa shape index (κ3) is 3.47. The first kappa shape index (κ1) is 13.4. The van der Waals surface area contributed by atoms with Crippen molar-refractivity contribution in [2.75, 3.05) is 19.0 Å². The van der Waals surface area contributed by atoms with E-state index in [0.29, 0.717) is 12.4 Å². The van der Waals surface area contributed by atoms with Gasteiger partial charge in [-0.2, -0.15) is 0 Å². The zero-order valence-electron chi connectivity index (χ0n) is 10.7. The number of thiazole rings is 1. The van der Waals surface area contributed by atoms with Crippen LogP contribution >= 0.6 is 11.3 Å². The highest BCUT2D eigenvalue weighted by Gasteiger charge is 2.11. The van der Waals surface area contributed by atoms with Gasteiger partial charge in [0.05, 0.1) is 12.1 Å². The molecule has 2 aromatic heterocycles. The molecular formula is C12H14N4O2S. The maximum absolute atomic E-state index is 11.3. The van der Waals surface area contributed by atoms with Gasteiger partial charge in [0.15, 0.2) is 0 Å². The summed E-state index contributed by atoms with van der Waals surface area (Å²) in [6.07, 6.45) is 3.31. The summed E-state index contributed by atoms with van der Waals surface area (Å²) < 4.78 is 4.58. The smallest absolute Gasteiger partial charge is 0.376 e. The van der Waals surface area contributed by atoms with Gasteiger partial charge in [-0.05, 0) is 6.07 Å². The van der Waals surface area contributed by atoms with Gasteiger partial charge in [-0.25, -0.2) is 19.7 Å². The Labute approximate surface area is 114 Å². The minimum absolute atomic E-state index is 0.0504. The van der Waals surface area contributed by atoms with Crippen molar-refractivity contribution in [1.82, 2.24) is 15.0 Å². The number of methoxy groups -OCH3 is 1. The van der Waals surface area contributed by atoms with E-state index in [9.17, 15) is 4.79 Å². The fourth-order valence-corrected chi connectivity index (χ4v) is 2.17. The van der Waals surface area contributed by atoms with E-state index in [-0.39, 0.29) is 11.7 Å². The van der Waals surface area contributed by atoms with E-state index in [1.165, 1.54) is 13.3 Å². The molecular weight excluding hydrogens is 264 g/mol. The number of hydrogen-bond acceptors (Lipinski definition) is 7. The van der Waals surface area contributed by atoms with Crippen LogP contribution in [0.5, 0.6) is 0 Å². The number of carbonyl (C=O) groups excluding carboxylic acids is 1. The first-order chi connectivity index (χ1) is 9.20. The fraction of sp³-hybridized carbons (Fsp3) is 0.333. The number of aromatic nitrogens is 3. The minimum atomic E-state index is -0.545. The molecule has 0 radical (unpaired) electrons. The molecule has 2 heterocycles. The molecule has 0 saturated carbocycles. The van der Waals surface area contributed by atoms with Crippen LogP contribution in [0, 0.1) is 0 Å². The number of nitrogens with zero attached hydrogens (tertiary/aromatic N) is 3. The van der Waals surface area contributed by atoms with E-state index in [1.807, 2.05) is 5.38 Å². The van der Waals surface area contributed by atoms with Gasteiger partial charge in [0, 0.05) is 30.2 Å². The SMILES string of the molecule is COC(=O)c1nccc(NCC(C)c2nccs2)n1. The van der Waals surface area contributed by atoms with Crippen molar-refractivity contribution < 1.29 is 9.53 Å². The van der Waals surface area contributed by atoms with Gasteiger partial charge in [-0.3, -0.25) is 0 Å². The zero-order valence-corrected chi connectivity index (χ0v) is 11.5. The maximum Gasteiger partial charge on any atom is 0.376 e. The summed E-state index contributed by atoms with van der Waals surface area (Å²) in [5.74, 6) is 0.376. The molecule has 1 unspecified atom stereocenters. The van der Waals surface area contributed by atoms with Gasteiger partial charge in [0.25, 0.3) is 0 Å². The van der Waals surface area contributed by atoms with Crippen LogP contribution in [0.4, 0.5) is 5.82 Å². The molecule has 0 amide bonds. The van der Waals surface area contributed by atoms with E-state index in [4.69, 9.17) is 0 Å². The van der Waals surface area contributed by atoms with Gasteiger partial charge >= 0.3 is 5.97 Å². The van der Waals surface area contributed by atoms with Crippen LogP contribution in [0.2, 0.25) is 0 Å². The van der Waals surface area contributed by atoms with E-state index in [1.54, 1.807) is 23.6 Å². The Bertz CT molecular complexity index is 544. The molecule has 0 saturated heterocycles. The number of nitrogens with one attached hydrogen (secondary N) is 1. The van der Waals surface area contributed by atoms with Crippen molar-refractivity contribution in [2.24, 2.45) is 0 Å². The van der Waals surface area contributed by atoms with Crippen molar-refractivity contribution in [3.05, 3.63) is 34.7 Å². The molecule has 100 valence electrons. The molecule has 19 heavy (non-hydrogen) atoms. The Morgan fingerprint density at radius 2 is 2.32 bits per heavy atom. The highest BCUT2D eigenvalue weighted by molar-refractivity contribution is 7.09. The first-order valence-electron chi connectivity index (χ1n) is 5.75. The molecule has 0 bridgehead atoms. The summed E-state index contributed by atoms with van der Waals surface area (Å²) >= 11 is 1.62. The number of ether oxygens (including phenoxy) is 1. The third-order valence-electron chi connectivity index (χ3n) is 2.49. The largest absolute Gasteiger partial charge is 0.463 e. The lowest BCUT2D eigenvalue weighted by Crippen LogP contribution is -2.13. The van der Waals surface area contributed by atoms with Gasteiger partial charge in [0.2, 0.25) is 5.82 Å². The zero-order chi connectivity index (χ0) is 13.7. The number of carbonyl (C=O) groups is 1. The van der Waals surface area contributed by atoms with E-state index in [0.717, 1.165) is 5.01 Å². The number of esters is 1. The Hall–Kier alpha value is -2.02. The van der Waals surface area contributed by atoms with Crippen LogP contribution in [-0.2, 0) is 4.74 Å². The lowest BCUT2D eigenvalue weighted by atomic mass is 10.2. The molecule has 1 N–H and O–H groups in total. The molecule has 7 heteroatoms. The highest BCUT2D eigenvalue weighted by atomic mass is 32.1. The molecule has 0 aromatic carbocycles.